The molecule has 0 radical (unpaired) electrons. The van der Waals surface area contributed by atoms with Gasteiger partial charge in [0.2, 0.25) is 5.91 Å². The molecule has 1 fully saturated rings. The van der Waals surface area contributed by atoms with Gasteiger partial charge in [0.15, 0.2) is 0 Å². The highest BCUT2D eigenvalue weighted by Gasteiger charge is 2.26. The minimum absolute atomic E-state index is 0.0477. The summed E-state index contributed by atoms with van der Waals surface area (Å²) in [7, 11) is 0. The average Bonchev–Trinajstić information content (AvgIpc) is 3.47. The van der Waals surface area contributed by atoms with Gasteiger partial charge in [-0.3, -0.25) is 14.2 Å². The fourth-order valence-electron chi connectivity index (χ4n) is 4.68. The Morgan fingerprint density at radius 1 is 1.11 bits per heavy atom. The number of nitrogens with zero attached hydrogens (tertiary/aromatic N) is 4. The molecular weight excluding hydrogens is 476 g/mol. The van der Waals surface area contributed by atoms with Crippen LogP contribution in [-0.4, -0.2) is 43.8 Å². The molecule has 0 N–H and O–H groups in total. The van der Waals surface area contributed by atoms with Gasteiger partial charge < -0.3 is 9.47 Å². The number of benzene rings is 2. The number of aromatic nitrogens is 3. The maximum absolute atomic E-state index is 12.7. The van der Waals surface area contributed by atoms with Crippen molar-refractivity contribution >= 4 is 39.2 Å². The lowest BCUT2D eigenvalue weighted by atomic mass is 9.95. The molecule has 2 aromatic heterocycles. The average molecular weight is 507 g/mol. The molecular formula is C27H30N4O2S2. The number of fused-ring (bicyclic) bond motifs is 1. The van der Waals surface area contributed by atoms with Gasteiger partial charge in [0.25, 0.3) is 0 Å². The molecule has 3 heterocycles. The highest BCUT2D eigenvalue weighted by atomic mass is 32.2. The largest absolute Gasteiger partial charge is 0.343 e. The van der Waals surface area contributed by atoms with Crippen LogP contribution in [0.4, 0.5) is 0 Å². The molecule has 1 amide bonds. The molecule has 1 aliphatic rings. The summed E-state index contributed by atoms with van der Waals surface area (Å²) in [5, 5.41) is 0. The van der Waals surface area contributed by atoms with Gasteiger partial charge in [0.1, 0.15) is 12.5 Å². The number of piperidine rings is 1. The Balaban J connectivity index is 1.13. The number of aryl methyl sites for hydroxylation is 1. The van der Waals surface area contributed by atoms with Crippen LogP contribution in [0.2, 0.25) is 0 Å². The van der Waals surface area contributed by atoms with E-state index in [1.165, 1.54) is 22.5 Å². The Kier molecular flexibility index (Phi) is 7.39. The summed E-state index contributed by atoms with van der Waals surface area (Å²) in [5.74, 6) is 3.35. The van der Waals surface area contributed by atoms with Gasteiger partial charge >= 0.3 is 4.87 Å². The minimum Gasteiger partial charge on any atom is -0.343 e. The Hall–Kier alpha value is -2.84. The second-order valence-corrected chi connectivity index (χ2v) is 11.2. The molecule has 5 rings (SSSR count). The van der Waals surface area contributed by atoms with E-state index in [-0.39, 0.29) is 10.8 Å². The van der Waals surface area contributed by atoms with Crippen LogP contribution in [0.15, 0.2) is 65.7 Å². The van der Waals surface area contributed by atoms with E-state index in [1.807, 2.05) is 57.9 Å². The van der Waals surface area contributed by atoms with Gasteiger partial charge in [0.05, 0.1) is 10.2 Å². The zero-order chi connectivity index (χ0) is 24.2. The lowest BCUT2D eigenvalue weighted by Crippen LogP contribution is -2.38. The fraction of sp³-hybridized carbons (Fsp3) is 0.370. The van der Waals surface area contributed by atoms with Gasteiger partial charge in [-0.1, -0.05) is 53.3 Å². The molecule has 0 aliphatic carbocycles. The molecule has 0 spiro atoms. The number of hydrogen-bond donors (Lipinski definition) is 0. The SMILES string of the molecule is Cc1ccc(CSCCC(=O)N2CCC(c3nccn3Cn3c(=O)sc4ccccc43)CC2)cc1. The summed E-state index contributed by atoms with van der Waals surface area (Å²) < 4.78 is 4.91. The van der Waals surface area contributed by atoms with Crippen LogP contribution in [0.1, 0.15) is 42.1 Å². The smallest absolute Gasteiger partial charge is 0.309 e. The van der Waals surface area contributed by atoms with Crippen molar-refractivity contribution in [2.24, 2.45) is 0 Å². The Morgan fingerprint density at radius 2 is 1.89 bits per heavy atom. The van der Waals surface area contributed by atoms with Crippen molar-refractivity contribution in [2.75, 3.05) is 18.8 Å². The van der Waals surface area contributed by atoms with E-state index in [0.29, 0.717) is 19.0 Å². The van der Waals surface area contributed by atoms with Crippen LogP contribution >= 0.6 is 23.1 Å². The minimum atomic E-state index is 0.0477. The first-order valence-corrected chi connectivity index (χ1v) is 14.1. The molecule has 182 valence electrons. The number of carbonyl (C=O) groups is 1. The summed E-state index contributed by atoms with van der Waals surface area (Å²) in [6, 6.07) is 16.5. The van der Waals surface area contributed by atoms with Crippen molar-refractivity contribution in [2.45, 2.75) is 44.5 Å². The molecule has 0 bridgehead atoms. The molecule has 0 saturated carbocycles. The Labute approximate surface area is 213 Å². The standard InChI is InChI=1S/C27H30N4O2S2/c1-20-6-8-21(9-7-20)18-34-17-12-25(32)29-14-10-22(11-15-29)26-28-13-16-30(26)19-31-23-4-2-3-5-24(23)35-27(31)33/h2-9,13,16,22H,10-12,14-15,17-19H2,1H3. The van der Waals surface area contributed by atoms with E-state index in [2.05, 4.69) is 40.7 Å². The van der Waals surface area contributed by atoms with Crippen LogP contribution in [0.3, 0.4) is 0 Å². The van der Waals surface area contributed by atoms with Gasteiger partial charge in [-0.05, 0) is 37.5 Å². The molecule has 2 aromatic carbocycles. The molecule has 4 aromatic rings. The number of amides is 1. The number of para-hydroxylation sites is 1. The van der Waals surface area contributed by atoms with Crippen LogP contribution in [0.5, 0.6) is 0 Å². The van der Waals surface area contributed by atoms with Crippen LogP contribution in [0.25, 0.3) is 10.2 Å². The van der Waals surface area contributed by atoms with Crippen molar-refractivity contribution in [1.82, 2.24) is 19.0 Å². The second-order valence-electron chi connectivity index (χ2n) is 9.10. The Morgan fingerprint density at radius 3 is 2.69 bits per heavy atom. The first-order chi connectivity index (χ1) is 17.1. The highest BCUT2D eigenvalue weighted by Crippen LogP contribution is 2.28. The molecule has 0 atom stereocenters. The predicted molar refractivity (Wildman–Crippen MR) is 144 cm³/mol. The lowest BCUT2D eigenvalue weighted by Gasteiger charge is -2.32. The maximum atomic E-state index is 12.7. The summed E-state index contributed by atoms with van der Waals surface area (Å²) in [6.07, 6.45) is 6.16. The summed E-state index contributed by atoms with van der Waals surface area (Å²) in [6.45, 7) is 4.09. The zero-order valence-electron chi connectivity index (χ0n) is 19.9. The molecule has 0 unspecified atom stereocenters. The first-order valence-electron chi connectivity index (χ1n) is 12.1. The number of hydrogen-bond acceptors (Lipinski definition) is 5. The van der Waals surface area contributed by atoms with E-state index in [0.717, 1.165) is 53.5 Å². The van der Waals surface area contributed by atoms with Crippen molar-refractivity contribution in [3.05, 3.63) is 87.5 Å². The van der Waals surface area contributed by atoms with Crippen LogP contribution < -0.4 is 4.87 Å². The van der Waals surface area contributed by atoms with Gasteiger partial charge in [-0.15, -0.1) is 0 Å². The normalized spacial score (nSPS) is 14.6. The van der Waals surface area contributed by atoms with E-state index < -0.39 is 0 Å². The summed E-state index contributed by atoms with van der Waals surface area (Å²) in [5.41, 5.74) is 3.54. The van der Waals surface area contributed by atoms with Gasteiger partial charge in [-0.2, -0.15) is 11.8 Å². The van der Waals surface area contributed by atoms with Crippen molar-refractivity contribution in [3.8, 4) is 0 Å². The lowest BCUT2D eigenvalue weighted by molar-refractivity contribution is -0.131. The number of thiazole rings is 1. The molecule has 35 heavy (non-hydrogen) atoms. The highest BCUT2D eigenvalue weighted by molar-refractivity contribution is 7.98. The van der Waals surface area contributed by atoms with E-state index >= 15 is 0 Å². The number of imidazole rings is 1. The van der Waals surface area contributed by atoms with E-state index in [1.54, 1.807) is 0 Å². The van der Waals surface area contributed by atoms with E-state index in [9.17, 15) is 9.59 Å². The molecule has 1 aliphatic heterocycles. The summed E-state index contributed by atoms with van der Waals surface area (Å²) in [4.78, 5) is 32.0. The summed E-state index contributed by atoms with van der Waals surface area (Å²) >= 11 is 3.10. The van der Waals surface area contributed by atoms with Crippen molar-refractivity contribution in [3.63, 3.8) is 0 Å². The van der Waals surface area contributed by atoms with Crippen LogP contribution in [-0.2, 0) is 17.2 Å². The topological polar surface area (TPSA) is 60.1 Å². The third kappa shape index (κ3) is 5.54. The molecule has 8 heteroatoms. The fourth-order valence-corrected chi connectivity index (χ4v) is 6.45. The van der Waals surface area contributed by atoms with Crippen LogP contribution in [0, 0.1) is 6.92 Å². The van der Waals surface area contributed by atoms with Crippen molar-refractivity contribution in [1.29, 1.82) is 0 Å². The Bertz CT molecular complexity index is 1350. The number of rotatable bonds is 8. The third-order valence-corrected chi connectivity index (χ3v) is 8.67. The maximum Gasteiger partial charge on any atom is 0.309 e. The first kappa shape index (κ1) is 23.9. The molecule has 6 nitrogen and oxygen atoms in total. The number of carbonyl (C=O) groups excluding carboxylic acids is 1. The van der Waals surface area contributed by atoms with Gasteiger partial charge in [0, 0.05) is 49.3 Å². The zero-order valence-corrected chi connectivity index (χ0v) is 21.6. The predicted octanol–water partition coefficient (Wildman–Crippen LogP) is 5.10. The monoisotopic (exact) mass is 506 g/mol. The van der Waals surface area contributed by atoms with Gasteiger partial charge in [-0.25, -0.2) is 4.98 Å². The van der Waals surface area contributed by atoms with E-state index in [4.69, 9.17) is 0 Å². The second kappa shape index (κ2) is 10.8. The number of thioether (sulfide) groups is 1. The molecule has 1 saturated heterocycles. The van der Waals surface area contributed by atoms with Crippen molar-refractivity contribution < 1.29 is 4.79 Å². The quantitative estimate of drug-likeness (QED) is 0.312. The third-order valence-electron chi connectivity index (χ3n) is 6.68. The number of likely N-dealkylation sites (tertiary alicyclic amines) is 1.